The van der Waals surface area contributed by atoms with Crippen LogP contribution in [0, 0.1) is 11.3 Å². The number of aromatic nitrogens is 1. The number of rotatable bonds is 11. The molecule has 2 aromatic carbocycles. The largest absolute Gasteiger partial charge is 0.493 e. The molecule has 1 N–H and O–H groups in total. The number of alkyl carbamates (subject to hydrolysis) is 1. The third kappa shape index (κ3) is 7.40. The van der Waals surface area contributed by atoms with Crippen LogP contribution in [0.3, 0.4) is 0 Å². The number of benzene rings is 2. The Morgan fingerprint density at radius 3 is 2.58 bits per heavy atom. The van der Waals surface area contributed by atoms with Crippen LogP contribution in [0.25, 0.3) is 16.6 Å². The molecule has 202 valence electrons. The number of carbonyl (C=O) groups is 2. The van der Waals surface area contributed by atoms with Crippen molar-refractivity contribution in [1.82, 2.24) is 9.88 Å². The summed E-state index contributed by atoms with van der Waals surface area (Å²) in [6.07, 6.45) is 1.83. The van der Waals surface area contributed by atoms with Crippen LogP contribution >= 0.6 is 0 Å². The number of hydrogen-bond donors (Lipinski definition) is 1. The van der Waals surface area contributed by atoms with E-state index >= 15 is 0 Å². The van der Waals surface area contributed by atoms with Crippen LogP contribution in [0.4, 0.5) is 4.79 Å². The van der Waals surface area contributed by atoms with Crippen LogP contribution in [-0.2, 0) is 14.2 Å². The van der Waals surface area contributed by atoms with Crippen molar-refractivity contribution in [3.63, 3.8) is 0 Å². The molecule has 0 spiro atoms. The Bertz CT molecular complexity index is 1320. The van der Waals surface area contributed by atoms with Crippen LogP contribution < -0.4 is 14.8 Å². The highest BCUT2D eigenvalue weighted by Crippen LogP contribution is 2.31. The topological polar surface area (TPSA) is 121 Å². The second-order valence-electron chi connectivity index (χ2n) is 9.29. The van der Waals surface area contributed by atoms with E-state index < -0.39 is 17.7 Å². The molecular formula is C28H33N3O7. The Morgan fingerprint density at radius 2 is 1.89 bits per heavy atom. The van der Waals surface area contributed by atoms with Gasteiger partial charge in [0.05, 0.1) is 24.3 Å². The molecule has 0 aliphatic heterocycles. The third-order valence-corrected chi connectivity index (χ3v) is 5.23. The molecule has 1 amide bonds. The second-order valence-corrected chi connectivity index (χ2v) is 9.29. The first-order chi connectivity index (χ1) is 18.2. The fourth-order valence-corrected chi connectivity index (χ4v) is 3.65. The molecule has 10 nitrogen and oxygen atoms in total. The van der Waals surface area contributed by atoms with Gasteiger partial charge in [0.15, 0.2) is 6.79 Å². The summed E-state index contributed by atoms with van der Waals surface area (Å²) < 4.78 is 28.7. The first kappa shape index (κ1) is 28.3. The highest BCUT2D eigenvalue weighted by atomic mass is 16.7. The van der Waals surface area contributed by atoms with Crippen molar-refractivity contribution < 1.29 is 33.3 Å². The summed E-state index contributed by atoms with van der Waals surface area (Å²) in [4.78, 5) is 24.2. The van der Waals surface area contributed by atoms with Crippen molar-refractivity contribution in [2.24, 2.45) is 0 Å². The maximum atomic E-state index is 12.4. The van der Waals surface area contributed by atoms with E-state index in [9.17, 15) is 14.9 Å². The average molecular weight is 524 g/mol. The number of hydrogen-bond acceptors (Lipinski definition) is 8. The Morgan fingerprint density at radius 1 is 1.11 bits per heavy atom. The minimum absolute atomic E-state index is 0.0491. The van der Waals surface area contributed by atoms with Crippen LogP contribution in [0.2, 0.25) is 0 Å². The zero-order valence-corrected chi connectivity index (χ0v) is 22.3. The Balaban J connectivity index is 1.81. The zero-order chi connectivity index (χ0) is 27.7. The molecular weight excluding hydrogens is 490 g/mol. The minimum Gasteiger partial charge on any atom is -0.493 e. The van der Waals surface area contributed by atoms with Gasteiger partial charge in [0.2, 0.25) is 0 Å². The first-order valence-electron chi connectivity index (χ1n) is 12.2. The summed E-state index contributed by atoms with van der Waals surface area (Å²) in [5.41, 5.74) is 1.63. The van der Waals surface area contributed by atoms with E-state index in [0.29, 0.717) is 42.3 Å². The Kier molecular flexibility index (Phi) is 9.57. The van der Waals surface area contributed by atoms with Crippen molar-refractivity contribution in [2.45, 2.75) is 39.7 Å². The molecule has 0 atom stereocenters. The molecule has 0 saturated carbocycles. The number of amides is 1. The maximum absolute atomic E-state index is 12.4. The number of methoxy groups -OCH3 is 1. The van der Waals surface area contributed by atoms with E-state index in [0.717, 1.165) is 10.9 Å². The minimum atomic E-state index is -0.553. The zero-order valence-electron chi connectivity index (χ0n) is 22.3. The van der Waals surface area contributed by atoms with Crippen molar-refractivity contribution in [3.8, 4) is 23.3 Å². The number of carbonyl (C=O) groups excluding carboxylic acids is 2. The summed E-state index contributed by atoms with van der Waals surface area (Å²) in [6.45, 7) is 8.11. The summed E-state index contributed by atoms with van der Waals surface area (Å²) in [7, 11) is 1.49. The molecule has 0 fully saturated rings. The fourth-order valence-electron chi connectivity index (χ4n) is 3.65. The van der Waals surface area contributed by atoms with Crippen LogP contribution in [-0.4, -0.2) is 55.9 Å². The molecule has 10 heteroatoms. The van der Waals surface area contributed by atoms with E-state index in [1.807, 2.05) is 37.5 Å². The maximum Gasteiger partial charge on any atom is 0.407 e. The summed E-state index contributed by atoms with van der Waals surface area (Å²) in [5.74, 6) is 0.405. The molecule has 0 radical (unpaired) electrons. The Labute approximate surface area is 222 Å². The number of nitriles is 1. The highest BCUT2D eigenvalue weighted by molar-refractivity contribution is 5.93. The lowest BCUT2D eigenvalue weighted by Crippen LogP contribution is -2.33. The van der Waals surface area contributed by atoms with Crippen molar-refractivity contribution >= 4 is 23.0 Å². The van der Waals surface area contributed by atoms with Gasteiger partial charge in [0.1, 0.15) is 28.7 Å². The quantitative estimate of drug-likeness (QED) is 0.213. The Hall–Kier alpha value is -4.23. The van der Waals surface area contributed by atoms with Gasteiger partial charge >= 0.3 is 12.1 Å². The van der Waals surface area contributed by atoms with E-state index in [-0.39, 0.29) is 19.0 Å². The van der Waals surface area contributed by atoms with E-state index in [4.69, 9.17) is 23.7 Å². The smallest absolute Gasteiger partial charge is 0.407 e. The standard InChI is InChI=1S/C28H33N3O7/c1-6-35-26(32)23-10-8-20(14-25(23)37-18-34-5)31-17-19(16-29)22-11-9-21(15-24(22)31)36-13-7-12-30-27(33)38-28(2,3)4/h8-11,14-15,17H,6-7,12-13,18H2,1-5H3,(H,30,33). The fraction of sp³-hybridized carbons (Fsp3) is 0.393. The summed E-state index contributed by atoms with van der Waals surface area (Å²) in [5, 5.41) is 13.1. The van der Waals surface area contributed by atoms with Gasteiger partial charge in [-0.05, 0) is 58.4 Å². The molecule has 0 aliphatic rings. The molecule has 0 saturated heterocycles. The molecule has 1 heterocycles. The monoisotopic (exact) mass is 523 g/mol. The van der Waals surface area contributed by atoms with Gasteiger partial charge in [-0.25, -0.2) is 9.59 Å². The number of fused-ring (bicyclic) bond motifs is 1. The molecule has 38 heavy (non-hydrogen) atoms. The van der Waals surface area contributed by atoms with Gasteiger partial charge in [-0.15, -0.1) is 0 Å². The number of esters is 1. The molecule has 0 aliphatic carbocycles. The van der Waals surface area contributed by atoms with Crippen LogP contribution in [0.5, 0.6) is 11.5 Å². The summed E-state index contributed by atoms with van der Waals surface area (Å²) in [6, 6.07) is 12.8. The van der Waals surface area contributed by atoms with Gasteiger partial charge in [0.25, 0.3) is 0 Å². The average Bonchev–Trinajstić information content (AvgIpc) is 3.24. The molecule has 0 bridgehead atoms. The molecule has 0 unspecified atom stereocenters. The third-order valence-electron chi connectivity index (χ3n) is 5.23. The predicted molar refractivity (Wildman–Crippen MR) is 141 cm³/mol. The van der Waals surface area contributed by atoms with E-state index in [2.05, 4.69) is 11.4 Å². The highest BCUT2D eigenvalue weighted by Gasteiger charge is 2.18. The number of nitrogens with one attached hydrogen (secondary N) is 1. The SMILES string of the molecule is CCOC(=O)c1ccc(-n2cc(C#N)c3ccc(OCCCNC(=O)OC(C)(C)C)cc32)cc1OCOC. The van der Waals surface area contributed by atoms with E-state index in [1.54, 1.807) is 37.4 Å². The van der Waals surface area contributed by atoms with Crippen LogP contribution in [0.15, 0.2) is 42.6 Å². The van der Waals surface area contributed by atoms with Gasteiger partial charge in [-0.2, -0.15) is 5.26 Å². The van der Waals surface area contributed by atoms with Crippen molar-refractivity contribution in [2.75, 3.05) is 33.7 Å². The van der Waals surface area contributed by atoms with Crippen molar-refractivity contribution in [1.29, 1.82) is 5.26 Å². The number of ether oxygens (including phenoxy) is 5. The lowest BCUT2D eigenvalue weighted by molar-refractivity contribution is 0.0437. The number of nitrogens with zero attached hydrogens (tertiary/aromatic N) is 2. The summed E-state index contributed by atoms with van der Waals surface area (Å²) >= 11 is 0. The second kappa shape index (κ2) is 12.8. The van der Waals surface area contributed by atoms with Gasteiger partial charge in [0, 0.05) is 43.1 Å². The van der Waals surface area contributed by atoms with Gasteiger partial charge in [-0.1, -0.05) is 0 Å². The lowest BCUT2D eigenvalue weighted by atomic mass is 10.1. The lowest BCUT2D eigenvalue weighted by Gasteiger charge is -2.19. The molecule has 3 aromatic rings. The van der Waals surface area contributed by atoms with Gasteiger partial charge in [-0.3, -0.25) is 0 Å². The predicted octanol–water partition coefficient (Wildman–Crippen LogP) is 4.96. The molecule has 1 aromatic heterocycles. The van der Waals surface area contributed by atoms with Crippen LogP contribution in [0.1, 0.15) is 50.0 Å². The van der Waals surface area contributed by atoms with Crippen molar-refractivity contribution in [3.05, 3.63) is 53.7 Å². The van der Waals surface area contributed by atoms with Gasteiger partial charge < -0.3 is 33.6 Å². The first-order valence-corrected chi connectivity index (χ1v) is 12.2. The molecule has 3 rings (SSSR count). The van der Waals surface area contributed by atoms with E-state index in [1.165, 1.54) is 7.11 Å². The normalized spacial score (nSPS) is 11.1.